The standard InChI is InChI=1S/C18H21N3O2S/c1-13-4-6-14(7-5-13)18-20-15(12-24-18)17(23)19-9-8-16(22)21-10-2-3-11-21/h4-7,12H,2-3,8-11H2,1H3,(H,19,23). The van der Waals surface area contributed by atoms with Gasteiger partial charge in [0.1, 0.15) is 10.7 Å². The van der Waals surface area contributed by atoms with Crippen LogP contribution in [0, 0.1) is 6.92 Å². The fraction of sp³-hybridized carbons (Fsp3) is 0.389. The van der Waals surface area contributed by atoms with E-state index in [0.717, 1.165) is 36.5 Å². The molecule has 1 aliphatic heterocycles. The lowest BCUT2D eigenvalue weighted by molar-refractivity contribution is -0.129. The highest BCUT2D eigenvalue weighted by atomic mass is 32.1. The zero-order valence-electron chi connectivity index (χ0n) is 13.7. The van der Waals surface area contributed by atoms with Crippen molar-refractivity contribution in [3.63, 3.8) is 0 Å². The summed E-state index contributed by atoms with van der Waals surface area (Å²) in [6.07, 6.45) is 2.51. The molecule has 0 atom stereocenters. The molecule has 0 spiro atoms. The van der Waals surface area contributed by atoms with Crippen LogP contribution >= 0.6 is 11.3 Å². The maximum atomic E-state index is 12.2. The van der Waals surface area contributed by atoms with E-state index in [1.807, 2.05) is 36.1 Å². The molecule has 0 bridgehead atoms. The lowest BCUT2D eigenvalue weighted by Crippen LogP contribution is -2.32. The Morgan fingerprint density at radius 2 is 1.92 bits per heavy atom. The van der Waals surface area contributed by atoms with Crippen LogP contribution in [0.5, 0.6) is 0 Å². The molecule has 126 valence electrons. The van der Waals surface area contributed by atoms with Gasteiger partial charge < -0.3 is 10.2 Å². The number of aromatic nitrogens is 1. The molecule has 1 fully saturated rings. The summed E-state index contributed by atoms with van der Waals surface area (Å²) in [5, 5.41) is 5.37. The van der Waals surface area contributed by atoms with Gasteiger partial charge in [-0.15, -0.1) is 11.3 Å². The number of nitrogens with one attached hydrogen (secondary N) is 1. The third kappa shape index (κ3) is 4.00. The zero-order chi connectivity index (χ0) is 16.9. The van der Waals surface area contributed by atoms with Crippen molar-refractivity contribution in [2.24, 2.45) is 0 Å². The van der Waals surface area contributed by atoms with Gasteiger partial charge in [-0.25, -0.2) is 4.98 Å². The minimum absolute atomic E-state index is 0.117. The number of rotatable bonds is 5. The first kappa shape index (κ1) is 16.6. The topological polar surface area (TPSA) is 62.3 Å². The number of hydrogen-bond acceptors (Lipinski definition) is 4. The van der Waals surface area contributed by atoms with Crippen LogP contribution in [-0.2, 0) is 4.79 Å². The van der Waals surface area contributed by atoms with Crippen molar-refractivity contribution in [2.75, 3.05) is 19.6 Å². The van der Waals surface area contributed by atoms with Crippen molar-refractivity contribution in [1.82, 2.24) is 15.2 Å². The summed E-state index contributed by atoms with van der Waals surface area (Å²) >= 11 is 1.45. The minimum Gasteiger partial charge on any atom is -0.350 e. The van der Waals surface area contributed by atoms with Gasteiger partial charge in [-0.1, -0.05) is 29.8 Å². The second-order valence-electron chi connectivity index (χ2n) is 6.00. The van der Waals surface area contributed by atoms with Crippen LogP contribution < -0.4 is 5.32 Å². The van der Waals surface area contributed by atoms with Gasteiger partial charge in [0.15, 0.2) is 0 Å². The molecule has 1 saturated heterocycles. The maximum absolute atomic E-state index is 12.2. The van der Waals surface area contributed by atoms with Crippen LogP contribution in [0.25, 0.3) is 10.6 Å². The number of benzene rings is 1. The molecule has 1 aliphatic rings. The third-order valence-corrected chi connectivity index (χ3v) is 5.01. The van der Waals surface area contributed by atoms with Gasteiger partial charge >= 0.3 is 0 Å². The summed E-state index contributed by atoms with van der Waals surface area (Å²) in [6.45, 7) is 4.08. The molecule has 1 aromatic heterocycles. The number of aryl methyl sites for hydroxylation is 1. The molecule has 1 aromatic carbocycles. The van der Waals surface area contributed by atoms with Crippen molar-refractivity contribution in [3.8, 4) is 10.6 Å². The van der Waals surface area contributed by atoms with Gasteiger partial charge in [0.2, 0.25) is 5.91 Å². The third-order valence-electron chi connectivity index (χ3n) is 4.12. The van der Waals surface area contributed by atoms with Gasteiger partial charge in [-0.3, -0.25) is 9.59 Å². The van der Waals surface area contributed by atoms with E-state index in [1.165, 1.54) is 16.9 Å². The maximum Gasteiger partial charge on any atom is 0.270 e. The molecule has 5 nitrogen and oxygen atoms in total. The van der Waals surface area contributed by atoms with Crippen LogP contribution in [0.2, 0.25) is 0 Å². The Hall–Kier alpha value is -2.21. The average molecular weight is 343 g/mol. The van der Waals surface area contributed by atoms with E-state index in [1.54, 1.807) is 5.38 Å². The highest BCUT2D eigenvalue weighted by molar-refractivity contribution is 7.13. The van der Waals surface area contributed by atoms with Crippen LogP contribution in [0.3, 0.4) is 0 Å². The number of nitrogens with zero attached hydrogens (tertiary/aromatic N) is 2. The Balaban J connectivity index is 1.52. The first-order valence-electron chi connectivity index (χ1n) is 8.22. The average Bonchev–Trinajstić information content (AvgIpc) is 3.27. The van der Waals surface area contributed by atoms with E-state index < -0.39 is 0 Å². The number of amides is 2. The predicted molar refractivity (Wildman–Crippen MR) is 95.1 cm³/mol. The van der Waals surface area contributed by atoms with Crippen LogP contribution in [0.4, 0.5) is 0 Å². The second kappa shape index (κ2) is 7.57. The molecule has 2 aromatic rings. The molecule has 0 radical (unpaired) electrons. The molecule has 3 rings (SSSR count). The van der Waals surface area contributed by atoms with Gasteiger partial charge in [-0.05, 0) is 19.8 Å². The van der Waals surface area contributed by atoms with Gasteiger partial charge in [-0.2, -0.15) is 0 Å². The number of carbonyl (C=O) groups is 2. The van der Waals surface area contributed by atoms with E-state index in [4.69, 9.17) is 0 Å². The van der Waals surface area contributed by atoms with Crippen molar-refractivity contribution in [2.45, 2.75) is 26.2 Å². The first-order chi connectivity index (χ1) is 11.6. The highest BCUT2D eigenvalue weighted by Gasteiger charge is 2.18. The normalized spacial score (nSPS) is 14.0. The molecular weight excluding hydrogens is 322 g/mol. The quantitative estimate of drug-likeness (QED) is 0.908. The first-order valence-corrected chi connectivity index (χ1v) is 9.10. The Kier molecular flexibility index (Phi) is 5.25. The fourth-order valence-corrected chi connectivity index (χ4v) is 3.51. The fourth-order valence-electron chi connectivity index (χ4n) is 2.70. The predicted octanol–water partition coefficient (Wildman–Crippen LogP) is 2.86. The van der Waals surface area contributed by atoms with Gasteiger partial charge in [0.25, 0.3) is 5.91 Å². The number of hydrogen-bond donors (Lipinski definition) is 1. The molecule has 2 amide bonds. The molecular formula is C18H21N3O2S. The molecule has 6 heteroatoms. The Morgan fingerprint density at radius 1 is 1.21 bits per heavy atom. The summed E-state index contributed by atoms with van der Waals surface area (Å²) in [4.78, 5) is 30.4. The summed E-state index contributed by atoms with van der Waals surface area (Å²) in [6, 6.07) is 8.07. The molecule has 2 heterocycles. The van der Waals surface area contributed by atoms with E-state index in [2.05, 4.69) is 10.3 Å². The molecule has 0 unspecified atom stereocenters. The monoisotopic (exact) mass is 343 g/mol. The summed E-state index contributed by atoms with van der Waals surface area (Å²) in [5.74, 6) is -0.106. The second-order valence-corrected chi connectivity index (χ2v) is 6.86. The Morgan fingerprint density at radius 3 is 2.62 bits per heavy atom. The highest BCUT2D eigenvalue weighted by Crippen LogP contribution is 2.23. The smallest absolute Gasteiger partial charge is 0.270 e. The van der Waals surface area contributed by atoms with E-state index >= 15 is 0 Å². The van der Waals surface area contributed by atoms with E-state index in [-0.39, 0.29) is 11.8 Å². The lowest BCUT2D eigenvalue weighted by atomic mass is 10.2. The van der Waals surface area contributed by atoms with Crippen molar-refractivity contribution >= 4 is 23.2 Å². The Labute approximate surface area is 145 Å². The summed E-state index contributed by atoms with van der Waals surface area (Å²) in [7, 11) is 0. The Bertz CT molecular complexity index is 718. The van der Waals surface area contributed by atoms with Gasteiger partial charge in [0.05, 0.1) is 0 Å². The van der Waals surface area contributed by atoms with Crippen molar-refractivity contribution in [1.29, 1.82) is 0 Å². The summed E-state index contributed by atoms with van der Waals surface area (Å²) < 4.78 is 0. The largest absolute Gasteiger partial charge is 0.350 e. The van der Waals surface area contributed by atoms with Crippen LogP contribution in [-0.4, -0.2) is 41.3 Å². The molecule has 1 N–H and O–H groups in total. The van der Waals surface area contributed by atoms with Crippen molar-refractivity contribution < 1.29 is 9.59 Å². The van der Waals surface area contributed by atoms with Crippen LogP contribution in [0.15, 0.2) is 29.6 Å². The lowest BCUT2D eigenvalue weighted by Gasteiger charge is -2.14. The number of likely N-dealkylation sites (tertiary alicyclic amines) is 1. The van der Waals surface area contributed by atoms with Crippen molar-refractivity contribution in [3.05, 3.63) is 40.9 Å². The SMILES string of the molecule is Cc1ccc(-c2nc(C(=O)NCCC(=O)N3CCCC3)cs2)cc1. The van der Waals surface area contributed by atoms with E-state index in [9.17, 15) is 9.59 Å². The van der Waals surface area contributed by atoms with E-state index in [0.29, 0.717) is 18.7 Å². The molecule has 0 saturated carbocycles. The minimum atomic E-state index is -0.223. The number of carbonyl (C=O) groups excluding carboxylic acids is 2. The summed E-state index contributed by atoms with van der Waals surface area (Å²) in [5.41, 5.74) is 2.61. The van der Waals surface area contributed by atoms with Gasteiger partial charge in [0, 0.05) is 37.0 Å². The zero-order valence-corrected chi connectivity index (χ0v) is 14.6. The molecule has 24 heavy (non-hydrogen) atoms. The number of thiazole rings is 1. The van der Waals surface area contributed by atoms with Crippen LogP contribution in [0.1, 0.15) is 35.3 Å². The molecule has 0 aliphatic carbocycles.